The van der Waals surface area contributed by atoms with Gasteiger partial charge in [0.2, 0.25) is 0 Å². The van der Waals surface area contributed by atoms with Crippen LogP contribution in [0.15, 0.2) is 24.3 Å². The SMILES string of the molecule is CC1(C)CC(NC(=O)NC(CO)(CO)CO)CC(C)(C)N1.CC1(C)CC(NC(=O)Oc2ccc([N+](=O)[O-])cc2)CC(C)(C)N1.NC(CO)(CO)CO.[Cl-]. The molecule has 0 spiro atoms. The highest BCUT2D eigenvalue weighted by atomic mass is 35.5. The molecule has 0 aromatic heterocycles. The highest BCUT2D eigenvalue weighted by Crippen LogP contribution is 2.29. The number of rotatable bonds is 11. The molecule has 3 amide bonds. The van der Waals surface area contributed by atoms with E-state index in [1.165, 1.54) is 24.3 Å². The van der Waals surface area contributed by atoms with E-state index < -0.39 is 67.8 Å². The lowest BCUT2D eigenvalue weighted by molar-refractivity contribution is -0.384. The number of benzene rings is 1. The standard InChI is InChI=1S/C16H23N3O4.C14H29N3O4.C4H11NO3.ClH/c1-15(2)9-11(10-16(3,4)18-15)17-14(20)23-13-7-5-12(6-8-13)19(21)22;1-12(2)5-10(6-13(3,4)17-12)15-11(21)16-14(7-18,8-19)9-20;5-4(1-6,2-7)3-8;/h5-8,11,18H,9-10H2,1-4H3,(H,17,20);10,17-20H,5-9H2,1-4H3,(H2,15,16,21);6-8H,1-3,5H2;1H/p-1. The van der Waals surface area contributed by atoms with E-state index in [1.807, 2.05) is 0 Å². The molecule has 0 atom stereocenters. The molecule has 19 heteroatoms. The zero-order valence-electron chi connectivity index (χ0n) is 32.2. The number of hydrogen-bond acceptors (Lipinski definition) is 14. The summed E-state index contributed by atoms with van der Waals surface area (Å²) in [5.74, 6) is 0.278. The number of nitro benzene ring substituents is 1. The Hall–Kier alpha value is -2.91. The lowest BCUT2D eigenvalue weighted by Crippen LogP contribution is -3.00. The Morgan fingerprint density at radius 1 is 0.755 bits per heavy atom. The highest BCUT2D eigenvalue weighted by molar-refractivity contribution is 5.75. The van der Waals surface area contributed by atoms with Crippen LogP contribution in [0.5, 0.6) is 5.75 Å². The van der Waals surface area contributed by atoms with Crippen molar-refractivity contribution in [1.29, 1.82) is 0 Å². The van der Waals surface area contributed by atoms with Crippen LogP contribution in [-0.4, -0.2) is 133 Å². The number of nitro groups is 1. The molecule has 2 aliphatic rings. The van der Waals surface area contributed by atoms with Crippen molar-refractivity contribution in [3.05, 3.63) is 34.4 Å². The number of nitrogens with two attached hydrogens (primary N) is 1. The van der Waals surface area contributed by atoms with Crippen molar-refractivity contribution in [2.24, 2.45) is 5.73 Å². The number of piperidine rings is 2. The molecule has 1 aromatic rings. The first kappa shape index (κ1) is 50.1. The topological polar surface area (TPSA) is 294 Å². The number of non-ortho nitro benzene ring substituents is 1. The van der Waals surface area contributed by atoms with E-state index >= 15 is 0 Å². The third-order valence-electron chi connectivity index (χ3n) is 8.53. The molecule has 53 heavy (non-hydrogen) atoms. The predicted molar refractivity (Wildman–Crippen MR) is 195 cm³/mol. The number of hydrogen-bond donors (Lipinski definition) is 12. The number of urea groups is 1. The maximum atomic E-state index is 12.0. The summed E-state index contributed by atoms with van der Waals surface area (Å²) in [6.07, 6.45) is 2.59. The van der Waals surface area contributed by atoms with Crippen LogP contribution in [-0.2, 0) is 0 Å². The van der Waals surface area contributed by atoms with Gasteiger partial charge in [0.1, 0.15) is 11.3 Å². The molecule has 2 fully saturated rings. The summed E-state index contributed by atoms with van der Waals surface area (Å²) in [5.41, 5.74) is 2.15. The summed E-state index contributed by atoms with van der Waals surface area (Å²) in [4.78, 5) is 34.2. The molecule has 0 saturated carbocycles. The Labute approximate surface area is 318 Å². The van der Waals surface area contributed by atoms with Gasteiger partial charge in [0.25, 0.3) is 5.69 Å². The lowest BCUT2D eigenvalue weighted by atomic mass is 9.79. The van der Waals surface area contributed by atoms with Crippen molar-refractivity contribution >= 4 is 17.8 Å². The Kier molecular flexibility index (Phi) is 19.5. The molecule has 2 saturated heterocycles. The van der Waals surface area contributed by atoms with Gasteiger partial charge in [0, 0.05) is 46.4 Å². The first-order chi connectivity index (χ1) is 23.8. The number of carbonyl (C=O) groups is 2. The number of amides is 3. The summed E-state index contributed by atoms with van der Waals surface area (Å²) in [5, 5.41) is 78.6. The van der Waals surface area contributed by atoms with E-state index in [0.29, 0.717) is 0 Å². The maximum Gasteiger partial charge on any atom is 0.412 e. The third kappa shape index (κ3) is 17.9. The average molecular weight is 781 g/mol. The minimum atomic E-state index is -1.40. The fourth-order valence-corrected chi connectivity index (χ4v) is 6.67. The number of carbonyl (C=O) groups excluding carboxylic acids is 2. The Bertz CT molecular complexity index is 1240. The smallest absolute Gasteiger partial charge is 0.412 e. The van der Waals surface area contributed by atoms with Crippen LogP contribution in [0.2, 0.25) is 0 Å². The number of aliphatic hydroxyl groups is 6. The molecule has 18 nitrogen and oxygen atoms in total. The first-order valence-electron chi connectivity index (χ1n) is 17.2. The van der Waals surface area contributed by atoms with Crippen molar-refractivity contribution in [2.45, 2.75) is 126 Å². The van der Waals surface area contributed by atoms with Gasteiger partial charge in [-0.3, -0.25) is 10.1 Å². The minimum Gasteiger partial charge on any atom is -1.00 e. The van der Waals surface area contributed by atoms with E-state index in [-0.39, 0.29) is 58.1 Å². The quantitative estimate of drug-likeness (QED) is 0.0786. The van der Waals surface area contributed by atoms with E-state index in [4.69, 9.17) is 25.8 Å². The number of aliphatic hydroxyl groups excluding tert-OH is 6. The van der Waals surface area contributed by atoms with Gasteiger partial charge in [-0.25, -0.2) is 9.59 Å². The summed E-state index contributed by atoms with van der Waals surface area (Å²) in [7, 11) is 0. The molecule has 0 radical (unpaired) electrons. The fraction of sp³-hybridized carbons (Fsp3) is 0.765. The van der Waals surface area contributed by atoms with Crippen LogP contribution in [0.4, 0.5) is 15.3 Å². The van der Waals surface area contributed by atoms with Crippen LogP contribution in [0.1, 0.15) is 81.1 Å². The number of nitrogens with one attached hydrogen (secondary N) is 5. The molecule has 2 aliphatic heterocycles. The first-order valence-corrected chi connectivity index (χ1v) is 17.2. The van der Waals surface area contributed by atoms with Gasteiger partial charge in [-0.2, -0.15) is 0 Å². The molecule has 308 valence electrons. The van der Waals surface area contributed by atoms with E-state index in [2.05, 4.69) is 82.0 Å². The van der Waals surface area contributed by atoms with Crippen molar-refractivity contribution in [3.8, 4) is 5.75 Å². The van der Waals surface area contributed by atoms with Crippen molar-refractivity contribution in [2.75, 3.05) is 39.6 Å². The van der Waals surface area contributed by atoms with Crippen LogP contribution in [0.25, 0.3) is 0 Å². The maximum absolute atomic E-state index is 12.0. The average Bonchev–Trinajstić information content (AvgIpc) is 3.01. The Balaban J connectivity index is 0.000000838. The van der Waals surface area contributed by atoms with Crippen LogP contribution in [0.3, 0.4) is 0 Å². The van der Waals surface area contributed by atoms with E-state index in [9.17, 15) is 35.0 Å². The van der Waals surface area contributed by atoms with Gasteiger partial charge in [-0.15, -0.1) is 0 Å². The monoisotopic (exact) mass is 780 g/mol. The number of halogens is 1. The summed E-state index contributed by atoms with van der Waals surface area (Å²) in [6, 6.07) is 4.92. The van der Waals surface area contributed by atoms with Crippen LogP contribution in [0, 0.1) is 10.1 Å². The molecule has 3 rings (SSSR count). The second kappa shape index (κ2) is 20.7. The predicted octanol–water partition coefficient (Wildman–Crippen LogP) is -3.03. The normalized spacial score (nSPS) is 19.1. The minimum absolute atomic E-state index is 0. The van der Waals surface area contributed by atoms with Crippen molar-refractivity contribution in [3.63, 3.8) is 0 Å². The highest BCUT2D eigenvalue weighted by Gasteiger charge is 2.40. The summed E-state index contributed by atoms with van der Waals surface area (Å²) in [6.45, 7) is 13.9. The van der Waals surface area contributed by atoms with Gasteiger partial charge in [0.15, 0.2) is 0 Å². The van der Waals surface area contributed by atoms with Gasteiger partial charge >= 0.3 is 12.1 Å². The van der Waals surface area contributed by atoms with Gasteiger partial charge in [-0.05, 0) is 93.2 Å². The number of ether oxygens (including phenoxy) is 1. The molecule has 1 aromatic carbocycles. The van der Waals surface area contributed by atoms with Crippen LogP contribution >= 0.6 is 0 Å². The van der Waals surface area contributed by atoms with Crippen molar-refractivity contribution < 1.29 is 62.3 Å². The van der Waals surface area contributed by atoms with Gasteiger partial charge < -0.3 is 80.1 Å². The van der Waals surface area contributed by atoms with Gasteiger partial charge in [0.05, 0.1) is 50.1 Å². The Morgan fingerprint density at radius 3 is 1.42 bits per heavy atom. The van der Waals surface area contributed by atoms with Crippen LogP contribution < -0.4 is 49.5 Å². The fourth-order valence-electron chi connectivity index (χ4n) is 6.67. The summed E-state index contributed by atoms with van der Waals surface area (Å²) < 4.78 is 5.20. The van der Waals surface area contributed by atoms with Crippen molar-refractivity contribution in [1.82, 2.24) is 26.6 Å². The second-order valence-corrected chi connectivity index (χ2v) is 16.5. The number of nitrogens with zero attached hydrogens (tertiary/aromatic N) is 1. The molecule has 0 aliphatic carbocycles. The summed E-state index contributed by atoms with van der Waals surface area (Å²) >= 11 is 0. The Morgan fingerprint density at radius 2 is 1.11 bits per heavy atom. The molecular formula is C34H63ClN7O11-. The molecule has 2 heterocycles. The largest absolute Gasteiger partial charge is 1.00 e. The zero-order chi connectivity index (χ0) is 40.2. The van der Waals surface area contributed by atoms with E-state index in [1.54, 1.807) is 0 Å². The zero-order valence-corrected chi connectivity index (χ0v) is 32.9. The van der Waals surface area contributed by atoms with E-state index in [0.717, 1.165) is 25.7 Å². The molecule has 0 bridgehead atoms. The third-order valence-corrected chi connectivity index (χ3v) is 8.53. The molecule has 0 unspecified atom stereocenters. The lowest BCUT2D eigenvalue weighted by Gasteiger charge is -2.46. The molecule has 13 N–H and O–H groups in total. The van der Waals surface area contributed by atoms with Gasteiger partial charge in [-0.1, -0.05) is 0 Å². The molecular weight excluding hydrogens is 718 g/mol. The second-order valence-electron chi connectivity index (χ2n) is 16.5.